The normalized spacial score (nSPS) is 16.4. The molecule has 0 bridgehead atoms. The van der Waals surface area contributed by atoms with Crippen molar-refractivity contribution >= 4 is 16.8 Å². The molecule has 0 spiro atoms. The van der Waals surface area contributed by atoms with Gasteiger partial charge in [-0.05, 0) is 37.5 Å². The summed E-state index contributed by atoms with van der Waals surface area (Å²) in [4.78, 5) is 26.5. The van der Waals surface area contributed by atoms with Crippen molar-refractivity contribution < 1.29 is 19.2 Å². The Balaban J connectivity index is 2.18. The Labute approximate surface area is 144 Å². The van der Waals surface area contributed by atoms with Crippen LogP contribution in [0.4, 0.5) is 4.39 Å². The molecule has 1 amide bonds. The number of aromatic nitrogens is 1. The Morgan fingerprint density at radius 1 is 1.44 bits per heavy atom. The maximum Gasteiger partial charge on any atom is 0.267 e. The zero-order chi connectivity index (χ0) is 18.3. The number of likely N-dealkylation sites (N-methyl/N-ethyl adjacent to an activating group) is 1. The lowest BCUT2D eigenvalue weighted by Gasteiger charge is -2.26. The first-order valence-corrected chi connectivity index (χ1v) is 8.48. The van der Waals surface area contributed by atoms with Crippen LogP contribution in [0, 0.1) is 5.82 Å². The van der Waals surface area contributed by atoms with Crippen LogP contribution in [0.5, 0.6) is 5.75 Å². The molecule has 1 aliphatic heterocycles. The minimum absolute atomic E-state index is 0.119. The van der Waals surface area contributed by atoms with Gasteiger partial charge in [-0.3, -0.25) is 9.59 Å². The van der Waals surface area contributed by atoms with Gasteiger partial charge < -0.3 is 19.9 Å². The van der Waals surface area contributed by atoms with Crippen LogP contribution in [0.25, 0.3) is 10.9 Å². The average molecular weight is 348 g/mol. The third-order valence-corrected chi connectivity index (χ3v) is 4.73. The smallest absolute Gasteiger partial charge is 0.267 e. The van der Waals surface area contributed by atoms with E-state index in [9.17, 15) is 19.1 Å². The first-order valence-electron chi connectivity index (χ1n) is 8.48. The highest BCUT2D eigenvalue weighted by atomic mass is 19.1. The molecule has 2 aromatic rings. The molecule has 1 aliphatic rings. The number of halogens is 1. The Bertz CT molecular complexity index is 905. The zero-order valence-electron chi connectivity index (χ0n) is 14.6. The predicted octanol–water partition coefficient (Wildman–Crippen LogP) is 0.228. The van der Waals surface area contributed by atoms with E-state index in [1.54, 1.807) is 0 Å². The monoisotopic (exact) mass is 348 g/mol. The number of hydrogen-bond acceptors (Lipinski definition) is 3. The van der Waals surface area contributed by atoms with Crippen molar-refractivity contribution in [2.75, 3.05) is 27.2 Å². The van der Waals surface area contributed by atoms with Crippen molar-refractivity contribution in [1.29, 1.82) is 0 Å². The second kappa shape index (κ2) is 6.48. The summed E-state index contributed by atoms with van der Waals surface area (Å²) in [5, 5.41) is 13.4. The number of nitrogens with one attached hydrogen (secondary N) is 2. The predicted molar refractivity (Wildman–Crippen MR) is 92.9 cm³/mol. The fourth-order valence-electron chi connectivity index (χ4n) is 3.40. The number of pyridine rings is 1. The number of aromatic hydroxyl groups is 1. The van der Waals surface area contributed by atoms with Crippen LogP contribution in [-0.4, -0.2) is 42.8 Å². The summed E-state index contributed by atoms with van der Waals surface area (Å²) in [6.45, 7) is 2.95. The molecule has 0 saturated heterocycles. The van der Waals surface area contributed by atoms with Crippen LogP contribution >= 0.6 is 0 Å². The van der Waals surface area contributed by atoms with Crippen LogP contribution in [0.3, 0.4) is 0 Å². The third-order valence-electron chi connectivity index (χ3n) is 4.73. The van der Waals surface area contributed by atoms with Gasteiger partial charge in [0.05, 0.1) is 32.7 Å². The molecular weight excluding hydrogens is 325 g/mol. The molecule has 0 fully saturated rings. The average Bonchev–Trinajstić information content (AvgIpc) is 2.53. The van der Waals surface area contributed by atoms with Crippen molar-refractivity contribution in [3.05, 3.63) is 39.4 Å². The number of hydrogen-bond donors (Lipinski definition) is 3. The topological polar surface area (TPSA) is 75.8 Å². The molecule has 0 aliphatic carbocycles. The standard InChI is InChI=1S/C18H22FN3O3/c1-10-4-5-11-8-12(19)9-13-15(11)22(10)18(25)14(16(13)23)17(24)20-6-7-21(2)3/h8-10,23H,4-7H2,1-3H3,(H,20,24)/p+1/t10-/m0/s1. The third kappa shape index (κ3) is 3.00. The first-order chi connectivity index (χ1) is 11.8. The van der Waals surface area contributed by atoms with Gasteiger partial charge >= 0.3 is 0 Å². The number of amides is 1. The number of nitrogens with zero attached hydrogens (tertiary/aromatic N) is 1. The van der Waals surface area contributed by atoms with E-state index in [1.165, 1.54) is 16.7 Å². The summed E-state index contributed by atoms with van der Waals surface area (Å²) in [7, 11) is 3.90. The summed E-state index contributed by atoms with van der Waals surface area (Å²) >= 11 is 0. The minimum Gasteiger partial charge on any atom is -0.506 e. The van der Waals surface area contributed by atoms with E-state index in [1.807, 2.05) is 21.0 Å². The van der Waals surface area contributed by atoms with E-state index >= 15 is 0 Å². The molecule has 6 nitrogen and oxygen atoms in total. The molecule has 1 atom stereocenters. The van der Waals surface area contributed by atoms with Crippen LogP contribution in [0.1, 0.15) is 35.3 Å². The molecular formula is C18H23FN3O3+. The van der Waals surface area contributed by atoms with Crippen molar-refractivity contribution in [1.82, 2.24) is 9.88 Å². The van der Waals surface area contributed by atoms with Gasteiger partial charge in [0.2, 0.25) is 0 Å². The number of benzene rings is 1. The van der Waals surface area contributed by atoms with Gasteiger partial charge in [-0.25, -0.2) is 4.39 Å². The second-order valence-corrected chi connectivity index (χ2v) is 6.96. The summed E-state index contributed by atoms with van der Waals surface area (Å²) < 4.78 is 15.5. The van der Waals surface area contributed by atoms with Crippen LogP contribution in [0.15, 0.2) is 16.9 Å². The van der Waals surface area contributed by atoms with E-state index in [0.717, 1.165) is 4.90 Å². The highest BCUT2D eigenvalue weighted by Crippen LogP contribution is 2.35. The number of rotatable bonds is 4. The van der Waals surface area contributed by atoms with E-state index in [4.69, 9.17) is 0 Å². The lowest BCUT2D eigenvalue weighted by molar-refractivity contribution is -0.856. The van der Waals surface area contributed by atoms with Gasteiger partial charge in [0.15, 0.2) is 0 Å². The molecule has 3 N–H and O–H groups in total. The van der Waals surface area contributed by atoms with Crippen molar-refractivity contribution in [3.63, 3.8) is 0 Å². The fraction of sp³-hybridized carbons (Fsp3) is 0.444. The van der Waals surface area contributed by atoms with Crippen molar-refractivity contribution in [2.45, 2.75) is 25.8 Å². The Hall–Kier alpha value is -2.41. The van der Waals surface area contributed by atoms with Gasteiger partial charge in [0.1, 0.15) is 17.1 Å². The van der Waals surface area contributed by atoms with Crippen LogP contribution < -0.4 is 15.8 Å². The highest BCUT2D eigenvalue weighted by Gasteiger charge is 2.28. The van der Waals surface area contributed by atoms with Gasteiger partial charge in [0, 0.05) is 11.4 Å². The molecule has 0 unspecified atom stereocenters. The molecule has 25 heavy (non-hydrogen) atoms. The Kier molecular flexibility index (Phi) is 4.51. The largest absolute Gasteiger partial charge is 0.506 e. The maximum absolute atomic E-state index is 13.9. The fourth-order valence-corrected chi connectivity index (χ4v) is 3.40. The van der Waals surface area contributed by atoms with E-state index < -0.39 is 23.0 Å². The zero-order valence-corrected chi connectivity index (χ0v) is 14.6. The maximum atomic E-state index is 13.9. The summed E-state index contributed by atoms with van der Waals surface area (Å²) in [5.41, 5.74) is 0.368. The number of aryl methyl sites for hydroxylation is 1. The van der Waals surface area contributed by atoms with E-state index in [0.29, 0.717) is 37.0 Å². The molecule has 1 aromatic carbocycles. The van der Waals surface area contributed by atoms with Crippen LogP contribution in [-0.2, 0) is 6.42 Å². The lowest BCUT2D eigenvalue weighted by Crippen LogP contribution is -3.06. The van der Waals surface area contributed by atoms with Gasteiger partial charge in [-0.1, -0.05) is 0 Å². The molecule has 3 rings (SSSR count). The molecule has 134 valence electrons. The van der Waals surface area contributed by atoms with Crippen molar-refractivity contribution in [2.24, 2.45) is 0 Å². The SMILES string of the molecule is C[C@H]1CCc2cc(F)cc3c(O)c(C(=O)NCC[NH+](C)C)c(=O)n1c23. The molecule has 1 aromatic heterocycles. The number of quaternary nitrogens is 1. The minimum atomic E-state index is -0.627. The quantitative estimate of drug-likeness (QED) is 0.740. The van der Waals surface area contributed by atoms with Gasteiger partial charge in [-0.2, -0.15) is 0 Å². The highest BCUT2D eigenvalue weighted by molar-refractivity contribution is 6.03. The van der Waals surface area contributed by atoms with E-state index in [2.05, 4.69) is 5.32 Å². The van der Waals surface area contributed by atoms with Gasteiger partial charge in [0.25, 0.3) is 11.5 Å². The first kappa shape index (κ1) is 17.4. The molecule has 0 radical (unpaired) electrons. The summed E-state index contributed by atoms with van der Waals surface area (Å²) in [6.07, 6.45) is 1.31. The Morgan fingerprint density at radius 3 is 2.84 bits per heavy atom. The number of carbonyl (C=O) groups is 1. The summed E-state index contributed by atoms with van der Waals surface area (Å²) in [5.74, 6) is -1.56. The van der Waals surface area contributed by atoms with Gasteiger partial charge in [-0.15, -0.1) is 0 Å². The van der Waals surface area contributed by atoms with Crippen LogP contribution in [0.2, 0.25) is 0 Å². The second-order valence-electron chi connectivity index (χ2n) is 6.96. The summed E-state index contributed by atoms with van der Waals surface area (Å²) in [6, 6.07) is 2.46. The molecule has 7 heteroatoms. The van der Waals surface area contributed by atoms with E-state index in [-0.39, 0.29) is 17.0 Å². The van der Waals surface area contributed by atoms with Crippen molar-refractivity contribution in [3.8, 4) is 5.75 Å². The lowest BCUT2D eigenvalue weighted by atomic mass is 9.95. The molecule has 0 saturated carbocycles. The Morgan fingerprint density at radius 2 is 2.16 bits per heavy atom. The number of carbonyl (C=O) groups excluding carboxylic acids is 1. The molecule has 2 heterocycles.